The summed E-state index contributed by atoms with van der Waals surface area (Å²) >= 11 is 0. The number of hydrogen-bond donors (Lipinski definition) is 2. The molecule has 0 aromatic heterocycles. The van der Waals surface area contributed by atoms with Gasteiger partial charge in [0.2, 0.25) is 0 Å². The molecule has 1 heterocycles. The predicted octanol–water partition coefficient (Wildman–Crippen LogP) is 1.33. The first-order valence-corrected chi connectivity index (χ1v) is 5.74. The second kappa shape index (κ2) is 5.22. The molecule has 2 rings (SSSR count). The van der Waals surface area contributed by atoms with Gasteiger partial charge >= 0.3 is 6.09 Å². The Bertz CT molecular complexity index is 445. The Labute approximate surface area is 104 Å². The molecule has 1 fully saturated rings. The Morgan fingerprint density at radius 2 is 1.94 bits per heavy atom. The quantitative estimate of drug-likeness (QED) is 0.835. The van der Waals surface area contributed by atoms with E-state index in [2.05, 4.69) is 4.90 Å². The van der Waals surface area contributed by atoms with Crippen molar-refractivity contribution in [1.82, 2.24) is 9.80 Å². The minimum absolute atomic E-state index is 0.352. The monoisotopic (exact) mass is 254 g/mol. The van der Waals surface area contributed by atoms with Gasteiger partial charge in [0, 0.05) is 32.7 Å². The number of aromatic hydroxyl groups is 1. The van der Waals surface area contributed by atoms with Crippen LogP contribution >= 0.6 is 0 Å². The summed E-state index contributed by atoms with van der Waals surface area (Å²) in [5, 5.41) is 17.9. The van der Waals surface area contributed by atoms with E-state index in [1.807, 2.05) is 0 Å². The van der Waals surface area contributed by atoms with E-state index in [1.54, 1.807) is 6.07 Å². The van der Waals surface area contributed by atoms with E-state index in [1.165, 1.54) is 17.0 Å². The van der Waals surface area contributed by atoms with Gasteiger partial charge in [-0.15, -0.1) is 0 Å². The summed E-state index contributed by atoms with van der Waals surface area (Å²) in [5.41, 5.74) is 0.772. The molecule has 1 aliphatic rings. The van der Waals surface area contributed by atoms with Crippen LogP contribution in [0, 0.1) is 5.82 Å². The summed E-state index contributed by atoms with van der Waals surface area (Å²) in [6.45, 7) is 2.76. The van der Waals surface area contributed by atoms with Gasteiger partial charge < -0.3 is 15.1 Å². The van der Waals surface area contributed by atoms with E-state index in [-0.39, 0.29) is 5.75 Å². The van der Waals surface area contributed by atoms with Gasteiger partial charge in [-0.2, -0.15) is 0 Å². The van der Waals surface area contributed by atoms with Gasteiger partial charge in [0.05, 0.1) is 0 Å². The molecule has 98 valence electrons. The number of nitrogens with zero attached hydrogens (tertiary/aromatic N) is 2. The molecule has 0 unspecified atom stereocenters. The van der Waals surface area contributed by atoms with Crippen LogP contribution in [-0.2, 0) is 6.54 Å². The third-order valence-corrected chi connectivity index (χ3v) is 3.06. The maximum atomic E-state index is 13.1. The average molecular weight is 254 g/mol. The molecule has 1 aliphatic heterocycles. The summed E-state index contributed by atoms with van der Waals surface area (Å²) in [4.78, 5) is 14.2. The van der Waals surface area contributed by atoms with Crippen LogP contribution in [0.4, 0.5) is 9.18 Å². The zero-order chi connectivity index (χ0) is 13.1. The highest BCUT2D eigenvalue weighted by molar-refractivity contribution is 5.65. The molecule has 1 aromatic carbocycles. The second-order valence-corrected chi connectivity index (χ2v) is 4.33. The summed E-state index contributed by atoms with van der Waals surface area (Å²) in [7, 11) is 0. The van der Waals surface area contributed by atoms with Gasteiger partial charge in [0.15, 0.2) is 11.6 Å². The number of halogens is 1. The van der Waals surface area contributed by atoms with Crippen molar-refractivity contribution in [3.63, 3.8) is 0 Å². The molecule has 2 N–H and O–H groups in total. The minimum Gasteiger partial charge on any atom is -0.505 e. The van der Waals surface area contributed by atoms with Crippen molar-refractivity contribution in [2.45, 2.75) is 6.54 Å². The smallest absolute Gasteiger partial charge is 0.407 e. The van der Waals surface area contributed by atoms with E-state index in [0.717, 1.165) is 5.56 Å². The van der Waals surface area contributed by atoms with Crippen molar-refractivity contribution in [3.8, 4) is 5.75 Å². The molecule has 0 saturated carbocycles. The second-order valence-electron chi connectivity index (χ2n) is 4.33. The Morgan fingerprint density at radius 3 is 2.50 bits per heavy atom. The minimum atomic E-state index is -0.898. The third kappa shape index (κ3) is 2.89. The fourth-order valence-corrected chi connectivity index (χ4v) is 2.00. The van der Waals surface area contributed by atoms with E-state index in [9.17, 15) is 9.18 Å². The van der Waals surface area contributed by atoms with E-state index in [4.69, 9.17) is 10.2 Å². The Hall–Kier alpha value is -1.82. The molecular formula is C12H15FN2O3. The van der Waals surface area contributed by atoms with Gasteiger partial charge in [-0.25, -0.2) is 9.18 Å². The van der Waals surface area contributed by atoms with Crippen LogP contribution in [-0.4, -0.2) is 52.3 Å². The highest BCUT2D eigenvalue weighted by Gasteiger charge is 2.20. The van der Waals surface area contributed by atoms with Crippen LogP contribution in [0.15, 0.2) is 18.2 Å². The van der Waals surface area contributed by atoms with Crippen molar-refractivity contribution in [3.05, 3.63) is 29.6 Å². The first kappa shape index (κ1) is 12.6. The number of phenolic OH excluding ortho intramolecular Hbond substituents is 1. The SMILES string of the molecule is O=C(O)N1CCN(Cc2ccc(O)c(F)c2)CC1. The van der Waals surface area contributed by atoms with Crippen LogP contribution in [0.2, 0.25) is 0 Å². The number of piperazine rings is 1. The van der Waals surface area contributed by atoms with Crippen molar-refractivity contribution < 1.29 is 19.4 Å². The van der Waals surface area contributed by atoms with E-state index in [0.29, 0.717) is 32.7 Å². The zero-order valence-corrected chi connectivity index (χ0v) is 9.84. The molecule has 1 aromatic rings. The summed E-state index contributed by atoms with van der Waals surface area (Å²) in [5.74, 6) is -0.980. The predicted molar refractivity (Wildman–Crippen MR) is 62.9 cm³/mol. The molecule has 6 heteroatoms. The highest BCUT2D eigenvalue weighted by Crippen LogP contribution is 2.17. The standard InChI is InChI=1S/C12H15FN2O3/c13-10-7-9(1-2-11(10)16)8-14-3-5-15(6-4-14)12(17)18/h1-2,7,16H,3-6,8H2,(H,17,18). The van der Waals surface area contributed by atoms with Gasteiger partial charge in [-0.1, -0.05) is 6.07 Å². The lowest BCUT2D eigenvalue weighted by Crippen LogP contribution is -2.47. The largest absolute Gasteiger partial charge is 0.505 e. The Balaban J connectivity index is 1.91. The van der Waals surface area contributed by atoms with Crippen molar-refractivity contribution in [2.24, 2.45) is 0 Å². The zero-order valence-electron chi connectivity index (χ0n) is 9.84. The Kier molecular flexibility index (Phi) is 3.66. The number of benzene rings is 1. The van der Waals surface area contributed by atoms with Gasteiger partial charge in [-0.05, 0) is 17.7 Å². The molecule has 5 nitrogen and oxygen atoms in total. The number of carboxylic acid groups (broad SMARTS) is 1. The lowest BCUT2D eigenvalue weighted by atomic mass is 10.2. The maximum absolute atomic E-state index is 13.1. The maximum Gasteiger partial charge on any atom is 0.407 e. The molecule has 0 radical (unpaired) electrons. The fourth-order valence-electron chi connectivity index (χ4n) is 2.00. The lowest BCUT2D eigenvalue weighted by Gasteiger charge is -2.33. The van der Waals surface area contributed by atoms with E-state index >= 15 is 0 Å². The first-order valence-electron chi connectivity index (χ1n) is 5.74. The number of hydrogen-bond acceptors (Lipinski definition) is 3. The molecule has 0 bridgehead atoms. The molecule has 1 amide bonds. The third-order valence-electron chi connectivity index (χ3n) is 3.06. The van der Waals surface area contributed by atoms with E-state index < -0.39 is 11.9 Å². The molecule has 0 spiro atoms. The molecular weight excluding hydrogens is 239 g/mol. The number of rotatable bonds is 2. The average Bonchev–Trinajstić information content (AvgIpc) is 2.34. The molecule has 1 saturated heterocycles. The normalized spacial score (nSPS) is 16.8. The number of carbonyl (C=O) groups is 1. The number of phenols is 1. The summed E-state index contributed by atoms with van der Waals surface area (Å²) in [6.07, 6.45) is -0.898. The highest BCUT2D eigenvalue weighted by atomic mass is 19.1. The fraction of sp³-hybridized carbons (Fsp3) is 0.417. The topological polar surface area (TPSA) is 64.0 Å². The van der Waals surface area contributed by atoms with Gasteiger partial charge in [0.25, 0.3) is 0 Å². The lowest BCUT2D eigenvalue weighted by molar-refractivity contribution is 0.103. The van der Waals surface area contributed by atoms with Gasteiger partial charge in [-0.3, -0.25) is 4.90 Å². The summed E-state index contributed by atoms with van der Waals surface area (Å²) in [6, 6.07) is 4.30. The van der Waals surface area contributed by atoms with Crippen LogP contribution in [0.3, 0.4) is 0 Å². The summed E-state index contributed by atoms with van der Waals surface area (Å²) < 4.78 is 13.1. The van der Waals surface area contributed by atoms with Crippen LogP contribution < -0.4 is 0 Å². The van der Waals surface area contributed by atoms with Crippen LogP contribution in [0.25, 0.3) is 0 Å². The Morgan fingerprint density at radius 1 is 1.28 bits per heavy atom. The van der Waals surface area contributed by atoms with Crippen molar-refractivity contribution >= 4 is 6.09 Å². The molecule has 0 aliphatic carbocycles. The first-order chi connectivity index (χ1) is 8.56. The number of amides is 1. The van der Waals surface area contributed by atoms with Crippen molar-refractivity contribution in [1.29, 1.82) is 0 Å². The van der Waals surface area contributed by atoms with Crippen LogP contribution in [0.5, 0.6) is 5.75 Å². The van der Waals surface area contributed by atoms with Crippen LogP contribution in [0.1, 0.15) is 5.56 Å². The van der Waals surface area contributed by atoms with Gasteiger partial charge in [0.1, 0.15) is 0 Å². The van der Waals surface area contributed by atoms with Crippen molar-refractivity contribution in [2.75, 3.05) is 26.2 Å². The molecule has 0 atom stereocenters. The molecule has 18 heavy (non-hydrogen) atoms.